The van der Waals surface area contributed by atoms with Crippen LogP contribution in [0, 0.1) is 6.92 Å². The number of rotatable bonds is 10. The number of carbonyl (C=O) groups excluding carboxylic acids is 1. The van der Waals surface area contributed by atoms with Gasteiger partial charge in [-0.05, 0) is 36.6 Å². The molecule has 3 aromatic heterocycles. The van der Waals surface area contributed by atoms with Gasteiger partial charge in [-0.3, -0.25) is 9.48 Å². The van der Waals surface area contributed by atoms with E-state index in [1.807, 2.05) is 18.3 Å². The van der Waals surface area contributed by atoms with Gasteiger partial charge in [0.1, 0.15) is 0 Å². The van der Waals surface area contributed by atoms with E-state index in [1.165, 1.54) is 11.3 Å². The zero-order valence-electron chi connectivity index (χ0n) is 21.4. The Morgan fingerprint density at radius 2 is 2.00 bits per heavy atom. The largest absolute Gasteiger partial charge is 0.383 e. The molecule has 4 rings (SSSR count). The molecule has 188 valence electrons. The highest BCUT2D eigenvalue weighted by atomic mass is 32.1. The number of aryl methyl sites for hydroxylation is 2. The Morgan fingerprint density at radius 1 is 1.17 bits per heavy atom. The fourth-order valence-corrected chi connectivity index (χ4v) is 4.64. The lowest BCUT2D eigenvalue weighted by molar-refractivity contribution is 0.0986. The highest BCUT2D eigenvalue weighted by Gasteiger charge is 2.20. The van der Waals surface area contributed by atoms with E-state index in [4.69, 9.17) is 4.74 Å². The summed E-state index contributed by atoms with van der Waals surface area (Å²) in [5.41, 5.74) is 4.88. The highest BCUT2D eigenvalue weighted by molar-refractivity contribution is 7.13. The second kappa shape index (κ2) is 11.1. The number of thiazole rings is 1. The van der Waals surface area contributed by atoms with Gasteiger partial charge in [-0.1, -0.05) is 32.9 Å². The Hall–Kier alpha value is -3.43. The molecule has 1 aromatic carbocycles. The van der Waals surface area contributed by atoms with Crippen LogP contribution in [0.15, 0.2) is 49.1 Å². The summed E-state index contributed by atoms with van der Waals surface area (Å²) in [6, 6.07) is 8.13. The summed E-state index contributed by atoms with van der Waals surface area (Å²) in [6.07, 6.45) is 8.24. The van der Waals surface area contributed by atoms with Gasteiger partial charge < -0.3 is 10.1 Å². The number of nitrogens with zero attached hydrogens (tertiary/aromatic N) is 5. The third-order valence-corrected chi connectivity index (χ3v) is 7.22. The minimum absolute atomic E-state index is 0.0436. The van der Waals surface area contributed by atoms with E-state index in [2.05, 4.69) is 65.2 Å². The van der Waals surface area contributed by atoms with Crippen LogP contribution in [-0.2, 0) is 23.1 Å². The summed E-state index contributed by atoms with van der Waals surface area (Å²) < 4.78 is 6.90. The van der Waals surface area contributed by atoms with E-state index in [0.717, 1.165) is 38.0 Å². The maximum absolute atomic E-state index is 12.7. The number of Topliss-reactive ketones (excluding diaryl/α,β-unsaturated/α-hetero) is 1. The van der Waals surface area contributed by atoms with E-state index in [9.17, 15) is 4.79 Å². The molecule has 0 aliphatic carbocycles. The van der Waals surface area contributed by atoms with Gasteiger partial charge in [0.15, 0.2) is 5.78 Å². The number of ether oxygens (including phenoxy) is 1. The quantitative estimate of drug-likeness (QED) is 0.281. The van der Waals surface area contributed by atoms with Gasteiger partial charge in [0.05, 0.1) is 40.6 Å². The number of hydrogen-bond donors (Lipinski definition) is 1. The Morgan fingerprint density at radius 3 is 2.72 bits per heavy atom. The Balaban J connectivity index is 1.40. The summed E-state index contributed by atoms with van der Waals surface area (Å²) in [7, 11) is 1.67. The van der Waals surface area contributed by atoms with Crippen LogP contribution in [0.4, 0.5) is 11.6 Å². The highest BCUT2D eigenvalue weighted by Crippen LogP contribution is 2.28. The molecule has 0 saturated carbocycles. The number of anilines is 2. The maximum Gasteiger partial charge on any atom is 0.227 e. The van der Waals surface area contributed by atoms with Crippen molar-refractivity contribution in [3.05, 3.63) is 70.1 Å². The van der Waals surface area contributed by atoms with Crippen LogP contribution in [-0.4, -0.2) is 44.2 Å². The summed E-state index contributed by atoms with van der Waals surface area (Å²) in [5.74, 6) is 0.647. The molecule has 3 heterocycles. The molecular formula is C27H32N6O2S. The first-order chi connectivity index (χ1) is 17.2. The number of carbonyl (C=O) groups is 1. The van der Waals surface area contributed by atoms with E-state index < -0.39 is 0 Å². The lowest BCUT2D eigenvalue weighted by atomic mass is 9.98. The molecule has 0 spiro atoms. The first-order valence-corrected chi connectivity index (χ1v) is 12.8. The Bertz CT molecular complexity index is 1340. The second-order valence-corrected chi connectivity index (χ2v) is 10.8. The van der Waals surface area contributed by atoms with Crippen molar-refractivity contribution in [2.45, 2.75) is 52.5 Å². The lowest BCUT2D eigenvalue weighted by Gasteiger charge is -2.13. The number of methoxy groups -OCH3 is 1. The average molecular weight is 505 g/mol. The first-order valence-electron chi connectivity index (χ1n) is 11.9. The molecule has 0 aliphatic rings. The van der Waals surface area contributed by atoms with Gasteiger partial charge in [0, 0.05) is 43.1 Å². The normalized spacial score (nSPS) is 11.6. The first kappa shape index (κ1) is 25.7. The minimum Gasteiger partial charge on any atom is -0.383 e. The number of nitrogens with one attached hydrogen (secondary N) is 1. The molecule has 0 saturated heterocycles. The van der Waals surface area contributed by atoms with Crippen molar-refractivity contribution in [1.82, 2.24) is 24.7 Å². The minimum atomic E-state index is -0.0436. The molecule has 0 aliphatic heterocycles. The van der Waals surface area contributed by atoms with Gasteiger partial charge >= 0.3 is 0 Å². The van der Waals surface area contributed by atoms with Crippen LogP contribution in [0.1, 0.15) is 53.0 Å². The summed E-state index contributed by atoms with van der Waals surface area (Å²) in [6.45, 7) is 9.68. The molecule has 0 atom stereocenters. The van der Waals surface area contributed by atoms with Crippen molar-refractivity contribution in [1.29, 1.82) is 0 Å². The number of aromatic nitrogens is 5. The standard InChI is InChI=1S/C27H32N6O2S/c1-18-14-20(7-6-19(18)8-9-23(34)24-16-29-25(36-24)27(2,3)4)22-10-11-28-26(32-22)31-21-15-30-33(17-21)12-13-35-5/h6-7,10-11,14-17H,8-9,12-13H2,1-5H3,(H,28,31,32). The van der Waals surface area contributed by atoms with Crippen molar-refractivity contribution in [3.8, 4) is 11.3 Å². The smallest absolute Gasteiger partial charge is 0.227 e. The zero-order valence-corrected chi connectivity index (χ0v) is 22.2. The topological polar surface area (TPSA) is 94.8 Å². The van der Waals surface area contributed by atoms with Gasteiger partial charge in [0.2, 0.25) is 5.95 Å². The van der Waals surface area contributed by atoms with Crippen molar-refractivity contribution in [2.24, 2.45) is 0 Å². The van der Waals surface area contributed by atoms with Gasteiger partial charge in [0.25, 0.3) is 0 Å². The second-order valence-electron chi connectivity index (χ2n) is 9.72. The van der Waals surface area contributed by atoms with Gasteiger partial charge in [-0.15, -0.1) is 11.3 Å². The van der Waals surface area contributed by atoms with E-state index in [1.54, 1.807) is 30.4 Å². The van der Waals surface area contributed by atoms with E-state index >= 15 is 0 Å². The van der Waals surface area contributed by atoms with Crippen molar-refractivity contribution in [3.63, 3.8) is 0 Å². The maximum atomic E-state index is 12.7. The van der Waals surface area contributed by atoms with Crippen molar-refractivity contribution < 1.29 is 9.53 Å². The van der Waals surface area contributed by atoms with Gasteiger partial charge in [-0.25, -0.2) is 15.0 Å². The molecule has 0 bridgehead atoms. The lowest BCUT2D eigenvalue weighted by Crippen LogP contribution is -2.09. The molecule has 4 aromatic rings. The van der Waals surface area contributed by atoms with Crippen LogP contribution in [0.3, 0.4) is 0 Å². The SMILES string of the molecule is COCCn1cc(Nc2nccc(-c3ccc(CCC(=O)c4cnc(C(C)(C)C)s4)c(C)c3)n2)cn1. The molecular weight excluding hydrogens is 472 g/mol. The fourth-order valence-electron chi connectivity index (χ4n) is 3.70. The van der Waals surface area contributed by atoms with Crippen LogP contribution in [0.2, 0.25) is 0 Å². The van der Waals surface area contributed by atoms with E-state index in [0.29, 0.717) is 31.9 Å². The molecule has 0 radical (unpaired) electrons. The molecule has 0 fully saturated rings. The van der Waals surface area contributed by atoms with Crippen LogP contribution < -0.4 is 5.32 Å². The summed E-state index contributed by atoms with van der Waals surface area (Å²) >= 11 is 1.50. The molecule has 8 nitrogen and oxygen atoms in total. The molecule has 0 unspecified atom stereocenters. The Kier molecular flexibility index (Phi) is 7.91. The fraction of sp³-hybridized carbons (Fsp3) is 0.370. The molecule has 9 heteroatoms. The van der Waals surface area contributed by atoms with Crippen LogP contribution in [0.25, 0.3) is 11.3 Å². The zero-order chi connectivity index (χ0) is 25.7. The third kappa shape index (κ3) is 6.41. The predicted molar refractivity (Wildman–Crippen MR) is 143 cm³/mol. The molecule has 1 N–H and O–H groups in total. The van der Waals surface area contributed by atoms with Crippen LogP contribution >= 0.6 is 11.3 Å². The van der Waals surface area contributed by atoms with Crippen LogP contribution in [0.5, 0.6) is 0 Å². The third-order valence-electron chi connectivity index (χ3n) is 5.75. The number of benzene rings is 1. The molecule has 0 amide bonds. The van der Waals surface area contributed by atoms with Crippen molar-refractivity contribution in [2.75, 3.05) is 19.0 Å². The van der Waals surface area contributed by atoms with Gasteiger partial charge in [-0.2, -0.15) is 5.10 Å². The average Bonchev–Trinajstić information content (AvgIpc) is 3.52. The summed E-state index contributed by atoms with van der Waals surface area (Å²) in [5, 5.41) is 8.50. The Labute approximate surface area is 215 Å². The monoisotopic (exact) mass is 504 g/mol. The number of ketones is 1. The molecule has 36 heavy (non-hydrogen) atoms. The van der Waals surface area contributed by atoms with Crippen molar-refractivity contribution >= 4 is 28.8 Å². The van der Waals surface area contributed by atoms with E-state index in [-0.39, 0.29) is 11.2 Å². The number of hydrogen-bond acceptors (Lipinski definition) is 8. The predicted octanol–water partition coefficient (Wildman–Crippen LogP) is 5.61. The summed E-state index contributed by atoms with van der Waals surface area (Å²) in [4.78, 5) is 26.9.